The minimum Gasteiger partial charge on any atom is -0.356 e. The van der Waals surface area contributed by atoms with Gasteiger partial charge in [0, 0.05) is 43.3 Å². The summed E-state index contributed by atoms with van der Waals surface area (Å²) in [5.41, 5.74) is 1.73. The topological polar surface area (TPSA) is 87.2 Å². The lowest BCUT2D eigenvalue weighted by Crippen LogP contribution is -2.28. The van der Waals surface area contributed by atoms with Crippen LogP contribution < -0.4 is 14.9 Å². The van der Waals surface area contributed by atoms with Crippen molar-refractivity contribution in [3.05, 3.63) is 53.1 Å². The van der Waals surface area contributed by atoms with E-state index in [2.05, 4.69) is 24.9 Å². The van der Waals surface area contributed by atoms with E-state index in [1.807, 2.05) is 43.3 Å². The highest BCUT2D eigenvalue weighted by Gasteiger charge is 2.15. The number of aromatic nitrogens is 2. The molecule has 1 aromatic heterocycles. The number of nitrogens with one attached hydrogen (secondary N) is 2. The molecule has 1 aliphatic rings. The van der Waals surface area contributed by atoms with E-state index in [1.165, 1.54) is 18.2 Å². The van der Waals surface area contributed by atoms with Crippen LogP contribution in [0.1, 0.15) is 24.1 Å². The summed E-state index contributed by atoms with van der Waals surface area (Å²) in [4.78, 5) is 11.2. The smallest absolute Gasteiger partial charge is 0.233 e. The molecule has 1 saturated heterocycles. The predicted molar refractivity (Wildman–Crippen MR) is 109 cm³/mol. The van der Waals surface area contributed by atoms with Gasteiger partial charge in [0.15, 0.2) is 0 Å². The molecule has 2 heterocycles. The fraction of sp³-hybridized carbons (Fsp3) is 0.368. The maximum Gasteiger partial charge on any atom is 0.233 e. The van der Waals surface area contributed by atoms with Crippen LogP contribution in [0.2, 0.25) is 0 Å². The van der Waals surface area contributed by atoms with Crippen molar-refractivity contribution in [1.29, 1.82) is 0 Å². The molecule has 0 atom stereocenters. The third-order valence-corrected chi connectivity index (χ3v) is 5.32. The largest absolute Gasteiger partial charge is 0.356 e. The molecule has 0 bridgehead atoms. The Hall–Kier alpha value is -2.45. The molecule has 1 aliphatic heterocycles. The Morgan fingerprint density at radius 1 is 1.11 bits per heavy atom. The summed E-state index contributed by atoms with van der Waals surface area (Å²) in [5, 5.41) is 4.27. The molecule has 0 saturated carbocycles. The van der Waals surface area contributed by atoms with E-state index in [0.717, 1.165) is 30.2 Å². The van der Waals surface area contributed by atoms with E-state index in [-0.39, 0.29) is 6.54 Å². The normalized spacial score (nSPS) is 14.8. The third-order valence-electron chi connectivity index (χ3n) is 4.22. The fourth-order valence-corrected chi connectivity index (χ4v) is 3.71. The first-order valence-corrected chi connectivity index (χ1v) is 10.6. The van der Waals surface area contributed by atoms with Crippen LogP contribution in [0.25, 0.3) is 6.08 Å². The number of sulfonamides is 1. The second-order valence-corrected chi connectivity index (χ2v) is 8.12. The van der Waals surface area contributed by atoms with Crippen LogP contribution in [0.5, 0.6) is 0 Å². The number of aryl methyl sites for hydroxylation is 1. The van der Waals surface area contributed by atoms with Crippen molar-refractivity contribution in [3.63, 3.8) is 0 Å². The van der Waals surface area contributed by atoms with Crippen LogP contribution >= 0.6 is 0 Å². The van der Waals surface area contributed by atoms with Crippen molar-refractivity contribution in [3.8, 4) is 0 Å². The number of rotatable bonds is 8. The molecule has 0 unspecified atom stereocenters. The van der Waals surface area contributed by atoms with Gasteiger partial charge in [0.1, 0.15) is 5.82 Å². The van der Waals surface area contributed by atoms with E-state index in [9.17, 15) is 8.42 Å². The Kier molecular flexibility index (Phi) is 6.41. The van der Waals surface area contributed by atoms with Crippen LogP contribution in [0.4, 0.5) is 11.8 Å². The number of hydrogen-bond acceptors (Lipinski definition) is 6. The SMILES string of the molecule is Cc1cc(N2CCCC2)nc(NCCNS(=O)(=O)/C=C/c2ccccc2)n1. The molecule has 1 aromatic carbocycles. The van der Waals surface area contributed by atoms with Crippen molar-refractivity contribution < 1.29 is 8.42 Å². The highest BCUT2D eigenvalue weighted by Crippen LogP contribution is 2.19. The Bertz CT molecular complexity index is 878. The van der Waals surface area contributed by atoms with Crippen molar-refractivity contribution in [1.82, 2.24) is 14.7 Å². The van der Waals surface area contributed by atoms with Gasteiger partial charge in [0.2, 0.25) is 16.0 Å². The third kappa shape index (κ3) is 6.04. The summed E-state index contributed by atoms with van der Waals surface area (Å²) in [6, 6.07) is 11.3. The van der Waals surface area contributed by atoms with Gasteiger partial charge in [0.25, 0.3) is 0 Å². The second kappa shape index (κ2) is 8.96. The molecule has 0 radical (unpaired) electrons. The first-order chi connectivity index (χ1) is 13.0. The fourth-order valence-electron chi connectivity index (χ4n) is 2.89. The summed E-state index contributed by atoms with van der Waals surface area (Å²) in [6.45, 7) is 4.62. The quantitative estimate of drug-likeness (QED) is 0.677. The summed E-state index contributed by atoms with van der Waals surface area (Å²) >= 11 is 0. The maximum absolute atomic E-state index is 12.0. The van der Waals surface area contributed by atoms with Gasteiger partial charge in [-0.25, -0.2) is 18.1 Å². The Balaban J connectivity index is 1.50. The molecular weight excluding hydrogens is 362 g/mol. The second-order valence-electron chi connectivity index (χ2n) is 6.46. The summed E-state index contributed by atoms with van der Waals surface area (Å²) in [6.07, 6.45) is 3.94. The molecule has 1 fully saturated rings. The zero-order chi connectivity index (χ0) is 19.1. The van der Waals surface area contributed by atoms with Gasteiger partial charge in [-0.1, -0.05) is 30.3 Å². The molecule has 8 heteroatoms. The van der Waals surface area contributed by atoms with Crippen LogP contribution in [0, 0.1) is 6.92 Å². The van der Waals surface area contributed by atoms with Gasteiger partial charge in [-0.15, -0.1) is 0 Å². The molecule has 0 aliphatic carbocycles. The van der Waals surface area contributed by atoms with Crippen molar-refractivity contribution >= 4 is 27.9 Å². The van der Waals surface area contributed by atoms with Crippen molar-refractivity contribution in [2.24, 2.45) is 0 Å². The van der Waals surface area contributed by atoms with Crippen LogP contribution in [-0.4, -0.2) is 44.6 Å². The zero-order valence-electron chi connectivity index (χ0n) is 15.4. The van der Waals surface area contributed by atoms with E-state index in [1.54, 1.807) is 6.08 Å². The summed E-state index contributed by atoms with van der Waals surface area (Å²) in [7, 11) is -3.48. The number of benzene rings is 1. The highest BCUT2D eigenvalue weighted by atomic mass is 32.2. The monoisotopic (exact) mass is 387 g/mol. The lowest BCUT2D eigenvalue weighted by atomic mass is 10.2. The molecule has 2 N–H and O–H groups in total. The van der Waals surface area contributed by atoms with Crippen molar-refractivity contribution in [2.45, 2.75) is 19.8 Å². The van der Waals surface area contributed by atoms with Crippen molar-refractivity contribution in [2.75, 3.05) is 36.4 Å². The molecule has 0 amide bonds. The van der Waals surface area contributed by atoms with E-state index >= 15 is 0 Å². The number of nitrogens with zero attached hydrogens (tertiary/aromatic N) is 3. The molecule has 27 heavy (non-hydrogen) atoms. The van der Waals surface area contributed by atoms with Gasteiger partial charge in [0.05, 0.1) is 0 Å². The van der Waals surface area contributed by atoms with Crippen LogP contribution in [-0.2, 0) is 10.0 Å². The molecule has 3 rings (SSSR count). The zero-order valence-corrected chi connectivity index (χ0v) is 16.2. The standard InChI is InChI=1S/C19H25N5O2S/c1-16-15-18(24-12-5-6-13-24)23-19(22-16)20-10-11-21-27(25,26)14-9-17-7-3-2-4-8-17/h2-4,7-9,14-15,21H,5-6,10-13H2,1H3,(H,20,22,23)/b14-9+. The van der Waals surface area contributed by atoms with Crippen LogP contribution in [0.15, 0.2) is 41.8 Å². The maximum atomic E-state index is 12.0. The van der Waals surface area contributed by atoms with E-state index in [0.29, 0.717) is 12.5 Å². The average molecular weight is 388 g/mol. The summed E-state index contributed by atoms with van der Waals surface area (Å²) in [5.74, 6) is 1.45. The lowest BCUT2D eigenvalue weighted by Gasteiger charge is -2.17. The van der Waals surface area contributed by atoms with E-state index < -0.39 is 10.0 Å². The molecule has 0 spiro atoms. The minimum absolute atomic E-state index is 0.248. The van der Waals surface area contributed by atoms with Gasteiger partial charge >= 0.3 is 0 Å². The number of hydrogen-bond donors (Lipinski definition) is 2. The predicted octanol–water partition coefficient (Wildman–Crippen LogP) is 2.39. The first-order valence-electron chi connectivity index (χ1n) is 9.09. The Labute approximate surface area is 160 Å². The Morgan fingerprint density at radius 3 is 2.59 bits per heavy atom. The highest BCUT2D eigenvalue weighted by molar-refractivity contribution is 7.92. The molecule has 2 aromatic rings. The van der Waals surface area contributed by atoms with Gasteiger partial charge in [-0.3, -0.25) is 0 Å². The molecular formula is C19H25N5O2S. The first kappa shape index (κ1) is 19.3. The number of anilines is 2. The average Bonchev–Trinajstić information content (AvgIpc) is 3.19. The van der Waals surface area contributed by atoms with E-state index in [4.69, 9.17) is 0 Å². The lowest BCUT2D eigenvalue weighted by molar-refractivity contribution is 0.592. The molecule has 7 nitrogen and oxygen atoms in total. The van der Waals surface area contributed by atoms with Crippen LogP contribution in [0.3, 0.4) is 0 Å². The Morgan fingerprint density at radius 2 is 1.85 bits per heavy atom. The summed E-state index contributed by atoms with van der Waals surface area (Å²) < 4.78 is 26.6. The van der Waals surface area contributed by atoms with Gasteiger partial charge in [-0.2, -0.15) is 4.98 Å². The molecule has 144 valence electrons. The van der Waals surface area contributed by atoms with Gasteiger partial charge < -0.3 is 10.2 Å². The minimum atomic E-state index is -3.48. The van der Waals surface area contributed by atoms with Gasteiger partial charge in [-0.05, 0) is 31.4 Å².